The van der Waals surface area contributed by atoms with Gasteiger partial charge in [-0.2, -0.15) is 0 Å². The van der Waals surface area contributed by atoms with Crippen molar-refractivity contribution >= 4 is 11.9 Å². The molecule has 0 aromatic rings. The van der Waals surface area contributed by atoms with Crippen LogP contribution < -0.4 is 11.1 Å². The van der Waals surface area contributed by atoms with Gasteiger partial charge in [0.25, 0.3) is 0 Å². The van der Waals surface area contributed by atoms with Crippen LogP contribution in [0.25, 0.3) is 0 Å². The van der Waals surface area contributed by atoms with Crippen LogP contribution in [0.4, 0.5) is 0 Å². The Morgan fingerprint density at radius 2 is 1.94 bits per heavy atom. The molecule has 92 valence electrons. The summed E-state index contributed by atoms with van der Waals surface area (Å²) in [5, 5.41) is 11.2. The molecule has 0 aromatic carbocycles. The molecule has 4 N–H and O–H groups in total. The zero-order valence-corrected chi connectivity index (χ0v) is 9.93. The Morgan fingerprint density at radius 1 is 1.38 bits per heavy atom. The van der Waals surface area contributed by atoms with E-state index in [1.165, 1.54) is 6.08 Å². The van der Waals surface area contributed by atoms with Crippen molar-refractivity contribution in [2.75, 3.05) is 0 Å². The summed E-state index contributed by atoms with van der Waals surface area (Å²) in [6, 6.07) is -0.873. The van der Waals surface area contributed by atoms with Crippen LogP contribution in [0.2, 0.25) is 0 Å². The van der Waals surface area contributed by atoms with E-state index in [0.717, 1.165) is 6.08 Å². The zero-order valence-electron chi connectivity index (χ0n) is 9.93. The summed E-state index contributed by atoms with van der Waals surface area (Å²) in [6.45, 7) is 5.59. The second kappa shape index (κ2) is 7.00. The maximum atomic E-state index is 11.4. The summed E-state index contributed by atoms with van der Waals surface area (Å²) >= 11 is 0. The number of amides is 1. The van der Waals surface area contributed by atoms with Crippen molar-refractivity contribution in [3.63, 3.8) is 0 Å². The van der Waals surface area contributed by atoms with Gasteiger partial charge in [-0.25, -0.2) is 4.79 Å². The smallest absolute Gasteiger partial charge is 0.328 e. The number of aliphatic carboxylic acids is 1. The van der Waals surface area contributed by atoms with Crippen LogP contribution in [0.5, 0.6) is 0 Å². The fourth-order valence-corrected chi connectivity index (χ4v) is 1.21. The van der Waals surface area contributed by atoms with Gasteiger partial charge < -0.3 is 16.2 Å². The van der Waals surface area contributed by atoms with Crippen LogP contribution in [0.1, 0.15) is 27.2 Å². The minimum atomic E-state index is -1.02. The molecule has 0 spiro atoms. The molecule has 0 radical (unpaired) electrons. The van der Waals surface area contributed by atoms with Crippen LogP contribution >= 0.6 is 0 Å². The molecule has 0 bridgehead atoms. The second-order valence-electron chi connectivity index (χ2n) is 4.23. The maximum absolute atomic E-state index is 11.4. The van der Waals surface area contributed by atoms with Gasteiger partial charge in [-0.1, -0.05) is 19.9 Å². The number of carboxylic acid groups (broad SMARTS) is 1. The van der Waals surface area contributed by atoms with Crippen LogP contribution in [0, 0.1) is 5.92 Å². The van der Waals surface area contributed by atoms with E-state index < -0.39 is 12.0 Å². The van der Waals surface area contributed by atoms with Crippen molar-refractivity contribution in [3.05, 3.63) is 12.2 Å². The van der Waals surface area contributed by atoms with E-state index in [4.69, 9.17) is 10.8 Å². The normalized spacial score (nSPS) is 15.1. The van der Waals surface area contributed by atoms with Gasteiger partial charge in [0.15, 0.2) is 0 Å². The Morgan fingerprint density at radius 3 is 2.31 bits per heavy atom. The fraction of sp³-hybridized carbons (Fsp3) is 0.636. The molecule has 0 saturated carbocycles. The molecule has 0 saturated heterocycles. The molecule has 16 heavy (non-hydrogen) atoms. The first-order valence-electron chi connectivity index (χ1n) is 5.30. The number of rotatable bonds is 6. The minimum absolute atomic E-state index is 0.277. The highest BCUT2D eigenvalue weighted by molar-refractivity contribution is 5.82. The summed E-state index contributed by atoms with van der Waals surface area (Å²) in [7, 11) is 0. The summed E-state index contributed by atoms with van der Waals surface area (Å²) in [5.74, 6) is -0.943. The molecular formula is C11H20N2O3. The lowest BCUT2D eigenvalue weighted by Crippen LogP contribution is -2.43. The average molecular weight is 228 g/mol. The molecule has 0 aliphatic rings. The van der Waals surface area contributed by atoms with Crippen molar-refractivity contribution < 1.29 is 14.7 Å². The van der Waals surface area contributed by atoms with Gasteiger partial charge in [0.1, 0.15) is 0 Å². The molecule has 5 nitrogen and oxygen atoms in total. The molecule has 0 fully saturated rings. The van der Waals surface area contributed by atoms with E-state index >= 15 is 0 Å². The van der Waals surface area contributed by atoms with E-state index in [9.17, 15) is 9.59 Å². The predicted octanol–water partition coefficient (Wildman–Crippen LogP) is 0.505. The third kappa shape index (κ3) is 7.00. The van der Waals surface area contributed by atoms with Crippen molar-refractivity contribution in [3.8, 4) is 0 Å². The molecule has 5 heteroatoms. The Balaban J connectivity index is 4.43. The van der Waals surface area contributed by atoms with Crippen molar-refractivity contribution in [1.82, 2.24) is 5.32 Å². The van der Waals surface area contributed by atoms with Crippen LogP contribution in [-0.2, 0) is 9.59 Å². The van der Waals surface area contributed by atoms with Crippen LogP contribution in [-0.4, -0.2) is 29.1 Å². The van der Waals surface area contributed by atoms with Crippen LogP contribution in [0.3, 0.4) is 0 Å². The largest absolute Gasteiger partial charge is 0.478 e. The number of nitrogens with two attached hydrogens (primary N) is 1. The number of hydrogen-bond donors (Lipinski definition) is 3. The minimum Gasteiger partial charge on any atom is -0.478 e. The van der Waals surface area contributed by atoms with Gasteiger partial charge in [-0.3, -0.25) is 4.79 Å². The van der Waals surface area contributed by atoms with Gasteiger partial charge in [0.05, 0.1) is 6.04 Å². The fourth-order valence-electron chi connectivity index (χ4n) is 1.21. The van der Waals surface area contributed by atoms with Gasteiger partial charge in [-0.15, -0.1) is 0 Å². The first kappa shape index (κ1) is 14.6. The summed E-state index contributed by atoms with van der Waals surface area (Å²) in [5.41, 5.74) is 5.42. The van der Waals surface area contributed by atoms with Gasteiger partial charge in [0.2, 0.25) is 5.91 Å². The van der Waals surface area contributed by atoms with Gasteiger partial charge in [-0.05, 0) is 19.3 Å². The summed E-state index contributed by atoms with van der Waals surface area (Å²) in [4.78, 5) is 21.7. The van der Waals surface area contributed by atoms with E-state index in [-0.39, 0.29) is 11.9 Å². The van der Waals surface area contributed by atoms with E-state index in [1.54, 1.807) is 6.92 Å². The first-order valence-corrected chi connectivity index (χ1v) is 5.30. The third-order valence-electron chi connectivity index (χ3n) is 1.94. The zero-order chi connectivity index (χ0) is 12.7. The molecule has 0 aliphatic heterocycles. The molecule has 0 rings (SSSR count). The van der Waals surface area contributed by atoms with E-state index in [1.807, 2.05) is 13.8 Å². The Hall–Kier alpha value is -1.36. The molecule has 2 atom stereocenters. The standard InChI is InChI=1S/C11H20N2O3/c1-7(2)6-9(4-5-10(14)15)13-11(16)8(3)12/h4-5,7-9H,6,12H2,1-3H3,(H,13,16)(H,14,15)/b5-4+/t8-,9+/m0/s1. The highest BCUT2D eigenvalue weighted by Gasteiger charge is 2.14. The molecule has 0 unspecified atom stereocenters. The molecule has 0 aromatic heterocycles. The lowest BCUT2D eigenvalue weighted by Gasteiger charge is -2.18. The number of hydrogen-bond acceptors (Lipinski definition) is 3. The Kier molecular flexibility index (Phi) is 6.41. The maximum Gasteiger partial charge on any atom is 0.328 e. The van der Waals surface area contributed by atoms with Crippen LogP contribution in [0.15, 0.2) is 12.2 Å². The van der Waals surface area contributed by atoms with Crippen molar-refractivity contribution in [1.29, 1.82) is 0 Å². The van der Waals surface area contributed by atoms with Crippen molar-refractivity contribution in [2.24, 2.45) is 11.7 Å². The van der Waals surface area contributed by atoms with E-state index in [0.29, 0.717) is 12.3 Å². The SMILES string of the molecule is CC(C)C[C@@H](/C=C/C(=O)O)NC(=O)[C@H](C)N. The molecule has 0 aliphatic carbocycles. The Bertz CT molecular complexity index is 272. The number of nitrogens with one attached hydrogen (secondary N) is 1. The van der Waals surface area contributed by atoms with Gasteiger partial charge >= 0.3 is 5.97 Å². The number of carbonyl (C=O) groups excluding carboxylic acids is 1. The summed E-state index contributed by atoms with van der Waals surface area (Å²) < 4.78 is 0. The van der Waals surface area contributed by atoms with E-state index in [2.05, 4.69) is 5.32 Å². The topological polar surface area (TPSA) is 92.4 Å². The lowest BCUT2D eigenvalue weighted by atomic mass is 10.0. The van der Waals surface area contributed by atoms with Crippen molar-refractivity contribution in [2.45, 2.75) is 39.3 Å². The first-order chi connectivity index (χ1) is 7.32. The highest BCUT2D eigenvalue weighted by atomic mass is 16.4. The van der Waals surface area contributed by atoms with Gasteiger partial charge in [0, 0.05) is 12.1 Å². The molecule has 0 heterocycles. The monoisotopic (exact) mass is 228 g/mol. The second-order valence-corrected chi connectivity index (χ2v) is 4.23. The highest BCUT2D eigenvalue weighted by Crippen LogP contribution is 2.06. The molecular weight excluding hydrogens is 208 g/mol. The third-order valence-corrected chi connectivity index (χ3v) is 1.94. The lowest BCUT2D eigenvalue weighted by molar-refractivity contribution is -0.131. The predicted molar refractivity (Wildman–Crippen MR) is 61.8 cm³/mol. The number of carbonyl (C=O) groups is 2. The number of carboxylic acids is 1. The quantitative estimate of drug-likeness (QED) is 0.577. The average Bonchev–Trinajstić information content (AvgIpc) is 2.12. The summed E-state index contributed by atoms with van der Waals surface area (Å²) in [6.07, 6.45) is 3.19. The Labute approximate surface area is 95.7 Å². The molecule has 1 amide bonds.